The van der Waals surface area contributed by atoms with Gasteiger partial charge in [0.15, 0.2) is 0 Å². The van der Waals surface area contributed by atoms with E-state index in [1.54, 1.807) is 0 Å². The Kier molecular flexibility index (Phi) is 4.60. The van der Waals surface area contributed by atoms with E-state index in [2.05, 4.69) is 41.0 Å². The van der Waals surface area contributed by atoms with Crippen LogP contribution in [0.25, 0.3) is 6.08 Å². The number of nitrogens with one attached hydrogen (secondary N) is 2. The first-order valence-corrected chi connectivity index (χ1v) is 8.10. The van der Waals surface area contributed by atoms with Gasteiger partial charge in [-0.3, -0.25) is 4.79 Å². The molecule has 0 spiro atoms. The van der Waals surface area contributed by atoms with Gasteiger partial charge in [-0.15, -0.1) is 0 Å². The first kappa shape index (κ1) is 15.3. The molecule has 22 heavy (non-hydrogen) atoms. The van der Waals surface area contributed by atoms with Gasteiger partial charge in [0.25, 0.3) is 0 Å². The molecule has 2 aliphatic rings. The molecule has 118 valence electrons. The summed E-state index contributed by atoms with van der Waals surface area (Å²) in [7, 11) is 0. The number of aliphatic hydroxyl groups is 1. The lowest BCUT2D eigenvalue weighted by Crippen LogP contribution is -2.64. The van der Waals surface area contributed by atoms with Gasteiger partial charge >= 0.3 is 0 Å². The molecule has 1 aromatic rings. The van der Waals surface area contributed by atoms with Crippen molar-refractivity contribution in [2.75, 3.05) is 13.2 Å². The number of hydrogen-bond donors (Lipinski definition) is 3. The number of allylic oxidation sites excluding steroid dienone is 1. The van der Waals surface area contributed by atoms with Crippen LogP contribution >= 0.6 is 0 Å². The van der Waals surface area contributed by atoms with Crippen LogP contribution in [-0.2, 0) is 4.79 Å². The second-order valence-corrected chi connectivity index (χ2v) is 6.27. The summed E-state index contributed by atoms with van der Waals surface area (Å²) < 4.78 is 0. The van der Waals surface area contributed by atoms with Crippen molar-refractivity contribution < 1.29 is 9.90 Å². The lowest BCUT2D eigenvalue weighted by molar-refractivity contribution is -0.122. The maximum Gasteiger partial charge on any atom is 0.223 e. The van der Waals surface area contributed by atoms with Crippen molar-refractivity contribution >= 4 is 12.0 Å². The Morgan fingerprint density at radius 2 is 2.05 bits per heavy atom. The molecule has 0 aromatic heterocycles. The van der Waals surface area contributed by atoms with Gasteiger partial charge in [-0.25, -0.2) is 0 Å². The van der Waals surface area contributed by atoms with Crippen molar-refractivity contribution in [3.8, 4) is 0 Å². The molecular formula is C18H24N2O2. The van der Waals surface area contributed by atoms with Crippen LogP contribution in [-0.4, -0.2) is 36.2 Å². The normalized spacial score (nSPS) is 27.6. The van der Waals surface area contributed by atoms with Gasteiger partial charge in [0, 0.05) is 30.5 Å². The Bertz CT molecular complexity index is 549. The van der Waals surface area contributed by atoms with E-state index in [0.29, 0.717) is 6.54 Å². The molecule has 1 amide bonds. The average molecular weight is 300 g/mol. The van der Waals surface area contributed by atoms with E-state index < -0.39 is 0 Å². The fourth-order valence-electron chi connectivity index (χ4n) is 3.18. The zero-order chi connectivity index (χ0) is 15.5. The fourth-order valence-corrected chi connectivity index (χ4v) is 3.18. The lowest BCUT2D eigenvalue weighted by atomic mass is 9.77. The number of hydrogen-bond acceptors (Lipinski definition) is 3. The average Bonchev–Trinajstić information content (AvgIpc) is 3.33. The molecule has 3 atom stereocenters. The summed E-state index contributed by atoms with van der Waals surface area (Å²) in [5.74, 6) is 0.674. The molecule has 1 aliphatic carbocycles. The monoisotopic (exact) mass is 300 g/mol. The molecule has 4 heteroatoms. The number of amides is 1. The van der Waals surface area contributed by atoms with Gasteiger partial charge in [0.2, 0.25) is 5.91 Å². The van der Waals surface area contributed by atoms with Crippen molar-refractivity contribution in [1.82, 2.24) is 10.6 Å². The van der Waals surface area contributed by atoms with E-state index in [1.165, 1.54) is 11.1 Å². The molecule has 3 rings (SSSR count). The standard InChI is InChI=1S/C18H24N2O2/c1-2-3-12-4-6-13(7-5-12)17-15(20-16(17)11-21)10-19-18(22)14-8-9-14/h2-7,14-17,20-21H,8-11H2,1H3,(H,19,22)/b3-2+/t15-,16+,17+/m0/s1. The topological polar surface area (TPSA) is 61.4 Å². The molecule has 1 aliphatic heterocycles. The molecule has 0 unspecified atom stereocenters. The molecule has 1 saturated heterocycles. The summed E-state index contributed by atoms with van der Waals surface area (Å²) in [5, 5.41) is 15.9. The molecule has 1 saturated carbocycles. The van der Waals surface area contributed by atoms with Gasteiger partial charge in [-0.05, 0) is 30.9 Å². The number of aliphatic hydroxyl groups excluding tert-OH is 1. The first-order valence-electron chi connectivity index (χ1n) is 8.10. The quantitative estimate of drug-likeness (QED) is 0.749. The van der Waals surface area contributed by atoms with Crippen molar-refractivity contribution in [2.24, 2.45) is 5.92 Å². The van der Waals surface area contributed by atoms with Crippen LogP contribution in [0.4, 0.5) is 0 Å². The van der Waals surface area contributed by atoms with Gasteiger partial charge in [-0.2, -0.15) is 0 Å². The molecule has 1 aromatic carbocycles. The van der Waals surface area contributed by atoms with E-state index in [0.717, 1.165) is 12.8 Å². The summed E-state index contributed by atoms with van der Waals surface area (Å²) in [6.45, 7) is 2.76. The zero-order valence-corrected chi connectivity index (χ0v) is 13.0. The third-order valence-electron chi connectivity index (χ3n) is 4.62. The smallest absolute Gasteiger partial charge is 0.223 e. The SMILES string of the molecule is C/C=C/c1ccc([C@@H]2[C@H](CNC(=O)C3CC3)N[C@@H]2CO)cc1. The molecular weight excluding hydrogens is 276 g/mol. The number of benzene rings is 1. The highest BCUT2D eigenvalue weighted by atomic mass is 16.3. The first-order chi connectivity index (χ1) is 10.7. The van der Waals surface area contributed by atoms with Gasteiger partial charge in [0.05, 0.1) is 6.61 Å². The zero-order valence-electron chi connectivity index (χ0n) is 13.0. The maximum absolute atomic E-state index is 11.8. The predicted molar refractivity (Wildman–Crippen MR) is 87.4 cm³/mol. The van der Waals surface area contributed by atoms with E-state index in [9.17, 15) is 9.90 Å². The Balaban J connectivity index is 1.63. The van der Waals surface area contributed by atoms with E-state index in [4.69, 9.17) is 0 Å². The lowest BCUT2D eigenvalue weighted by Gasteiger charge is -2.46. The van der Waals surface area contributed by atoms with Crippen LogP contribution in [0.5, 0.6) is 0 Å². The van der Waals surface area contributed by atoms with Crippen LogP contribution in [0, 0.1) is 5.92 Å². The molecule has 1 heterocycles. The number of carbonyl (C=O) groups excluding carboxylic acids is 1. The number of carbonyl (C=O) groups is 1. The van der Waals surface area contributed by atoms with E-state index in [-0.39, 0.29) is 36.4 Å². The van der Waals surface area contributed by atoms with Crippen molar-refractivity contribution in [1.29, 1.82) is 0 Å². The predicted octanol–water partition coefficient (Wildman–Crippen LogP) is 1.66. The molecule has 0 bridgehead atoms. The summed E-state index contributed by atoms with van der Waals surface area (Å²) >= 11 is 0. The van der Waals surface area contributed by atoms with Crippen LogP contribution < -0.4 is 10.6 Å². The third kappa shape index (κ3) is 3.23. The summed E-state index contributed by atoms with van der Waals surface area (Å²) in [6, 6.07) is 8.73. The highest BCUT2D eigenvalue weighted by Crippen LogP contribution is 2.33. The van der Waals surface area contributed by atoms with Crippen LogP contribution in [0.1, 0.15) is 36.8 Å². The third-order valence-corrected chi connectivity index (χ3v) is 4.62. The van der Waals surface area contributed by atoms with Crippen molar-refractivity contribution in [2.45, 2.75) is 37.8 Å². The highest BCUT2D eigenvalue weighted by molar-refractivity contribution is 5.80. The van der Waals surface area contributed by atoms with Crippen molar-refractivity contribution in [3.63, 3.8) is 0 Å². The fraction of sp³-hybridized carbons (Fsp3) is 0.500. The number of rotatable bonds is 6. The summed E-state index contributed by atoms with van der Waals surface area (Å²) in [6.07, 6.45) is 6.14. The maximum atomic E-state index is 11.8. The minimum absolute atomic E-state index is 0.0791. The minimum atomic E-state index is 0.0791. The second kappa shape index (κ2) is 6.63. The van der Waals surface area contributed by atoms with E-state index >= 15 is 0 Å². The Morgan fingerprint density at radius 1 is 1.32 bits per heavy atom. The van der Waals surface area contributed by atoms with Gasteiger partial charge in [0.1, 0.15) is 0 Å². The van der Waals surface area contributed by atoms with Crippen LogP contribution in [0.2, 0.25) is 0 Å². The summed E-state index contributed by atoms with van der Waals surface area (Å²) in [4.78, 5) is 11.8. The minimum Gasteiger partial charge on any atom is -0.395 e. The van der Waals surface area contributed by atoms with Gasteiger partial charge < -0.3 is 15.7 Å². The Hall–Kier alpha value is -1.65. The van der Waals surface area contributed by atoms with Gasteiger partial charge in [-0.1, -0.05) is 36.4 Å². The second-order valence-electron chi connectivity index (χ2n) is 6.27. The molecule has 4 nitrogen and oxygen atoms in total. The Labute approximate surface area is 131 Å². The van der Waals surface area contributed by atoms with Crippen LogP contribution in [0.3, 0.4) is 0 Å². The van der Waals surface area contributed by atoms with Crippen LogP contribution in [0.15, 0.2) is 30.3 Å². The molecule has 3 N–H and O–H groups in total. The van der Waals surface area contributed by atoms with Crippen molar-refractivity contribution in [3.05, 3.63) is 41.5 Å². The molecule has 2 fully saturated rings. The largest absolute Gasteiger partial charge is 0.395 e. The highest BCUT2D eigenvalue weighted by Gasteiger charge is 2.41. The Morgan fingerprint density at radius 3 is 2.64 bits per heavy atom. The van der Waals surface area contributed by atoms with E-state index in [1.807, 2.05) is 13.0 Å². The summed E-state index contributed by atoms with van der Waals surface area (Å²) in [5.41, 5.74) is 2.40. The molecule has 0 radical (unpaired) electrons.